The quantitative estimate of drug-likeness (QED) is 0.700. The minimum Gasteiger partial charge on any atom is -0.331 e. The molecule has 0 spiro atoms. The van der Waals surface area contributed by atoms with E-state index in [2.05, 4.69) is 40.5 Å². The van der Waals surface area contributed by atoms with Crippen LogP contribution in [0.5, 0.6) is 0 Å². The predicted octanol–water partition coefficient (Wildman–Crippen LogP) is 3.04. The maximum absolute atomic E-state index is 11.8. The molecule has 0 bridgehead atoms. The topological polar surface area (TPSA) is 45.2 Å². The van der Waals surface area contributed by atoms with E-state index in [0.29, 0.717) is 17.9 Å². The first-order valence-corrected chi connectivity index (χ1v) is 7.12. The van der Waals surface area contributed by atoms with Crippen LogP contribution in [0.15, 0.2) is 42.6 Å². The molecular weight excluding hydrogens is 274 g/mol. The zero-order valence-corrected chi connectivity index (χ0v) is 12.6. The number of nitrogens with one attached hydrogen (secondary N) is 1. The van der Waals surface area contributed by atoms with Crippen molar-refractivity contribution < 1.29 is 4.79 Å². The highest BCUT2D eigenvalue weighted by Crippen LogP contribution is 2.32. The maximum atomic E-state index is 11.8. The number of aromatic nitrogens is 1. The van der Waals surface area contributed by atoms with Crippen LogP contribution in [0, 0.1) is 12.3 Å². The van der Waals surface area contributed by atoms with Crippen molar-refractivity contribution in [2.75, 3.05) is 11.4 Å². The van der Waals surface area contributed by atoms with Crippen LogP contribution in [0.2, 0.25) is 0 Å². The van der Waals surface area contributed by atoms with Crippen molar-refractivity contribution in [3.63, 3.8) is 0 Å². The van der Waals surface area contributed by atoms with Gasteiger partial charge in [-0.3, -0.25) is 4.90 Å². The Labute approximate surface area is 130 Å². The van der Waals surface area contributed by atoms with Crippen LogP contribution in [0.25, 0.3) is 11.1 Å². The van der Waals surface area contributed by atoms with E-state index in [4.69, 9.17) is 6.42 Å². The highest BCUT2D eigenvalue weighted by molar-refractivity contribution is 5.95. The van der Waals surface area contributed by atoms with Crippen LogP contribution in [0.3, 0.4) is 0 Å². The first-order valence-electron chi connectivity index (χ1n) is 7.12. The Hall–Kier alpha value is -2.80. The van der Waals surface area contributed by atoms with Crippen LogP contribution < -0.4 is 10.2 Å². The second kappa shape index (κ2) is 5.19. The molecule has 1 fully saturated rings. The van der Waals surface area contributed by atoms with E-state index in [0.717, 1.165) is 0 Å². The lowest BCUT2D eigenvalue weighted by atomic mass is 10.1. The third-order valence-corrected chi connectivity index (χ3v) is 3.55. The van der Waals surface area contributed by atoms with Crippen LogP contribution in [0.4, 0.5) is 10.6 Å². The Balaban J connectivity index is 0.000000196. The molecule has 0 unspecified atom stereocenters. The lowest BCUT2D eigenvalue weighted by Gasteiger charge is -2.17. The minimum atomic E-state index is -0.250. The maximum Gasteiger partial charge on any atom is 0.323 e. The van der Waals surface area contributed by atoms with Gasteiger partial charge < -0.3 is 5.32 Å². The summed E-state index contributed by atoms with van der Waals surface area (Å²) in [6.07, 6.45) is 7.02. The molecule has 0 atom stereocenters. The molecule has 1 aromatic heterocycles. The molecule has 4 heteroatoms. The first-order chi connectivity index (χ1) is 10.5. The van der Waals surface area contributed by atoms with Crippen LogP contribution >= 0.6 is 0 Å². The number of pyridine rings is 1. The summed E-state index contributed by atoms with van der Waals surface area (Å²) in [6, 6.07) is 11.9. The smallest absolute Gasteiger partial charge is 0.323 e. The van der Waals surface area contributed by atoms with Crippen LogP contribution in [0.1, 0.15) is 19.4 Å². The zero-order chi connectivity index (χ0) is 15.7. The van der Waals surface area contributed by atoms with Gasteiger partial charge in [-0.15, -0.1) is 6.42 Å². The summed E-state index contributed by atoms with van der Waals surface area (Å²) in [4.78, 5) is 17.5. The number of hydrogen-bond donors (Lipinski definition) is 1. The Morgan fingerprint density at radius 2 is 2.00 bits per heavy atom. The Morgan fingerprint density at radius 3 is 2.45 bits per heavy atom. The Kier molecular flexibility index (Phi) is 3.34. The summed E-state index contributed by atoms with van der Waals surface area (Å²) < 4.78 is 0. The van der Waals surface area contributed by atoms with E-state index < -0.39 is 0 Å². The fourth-order valence-corrected chi connectivity index (χ4v) is 2.43. The van der Waals surface area contributed by atoms with Gasteiger partial charge in [-0.2, -0.15) is 0 Å². The van der Waals surface area contributed by atoms with Crippen LogP contribution in [-0.4, -0.2) is 23.1 Å². The molecule has 1 N–H and O–H groups in total. The fourth-order valence-electron chi connectivity index (χ4n) is 2.43. The number of terminal acetylenes is 1. The van der Waals surface area contributed by atoms with Gasteiger partial charge in [0.05, 0.1) is 17.6 Å². The second-order valence-electron chi connectivity index (χ2n) is 6.00. The molecule has 4 nitrogen and oxygen atoms in total. The van der Waals surface area contributed by atoms with E-state index in [9.17, 15) is 4.79 Å². The summed E-state index contributed by atoms with van der Waals surface area (Å²) in [5.41, 5.74) is 3.24. The van der Waals surface area contributed by atoms with E-state index in [1.54, 1.807) is 23.2 Å². The molecule has 110 valence electrons. The molecule has 22 heavy (non-hydrogen) atoms. The molecule has 2 heterocycles. The average Bonchev–Trinajstić information content (AvgIpc) is 2.98. The standard InChI is InChI=1S/C12H13N3O.C6H4/c1-4-9-6-5-7-13-10(9)15-8-12(2,3)14-11(15)16;1-2-5-4-6(5)3-1/h1,5-7H,8H2,2-3H3,(H,14,16);1-4H. The van der Waals surface area contributed by atoms with Gasteiger partial charge in [-0.05, 0) is 43.2 Å². The third-order valence-electron chi connectivity index (χ3n) is 3.55. The molecule has 0 aromatic carbocycles. The summed E-state index contributed by atoms with van der Waals surface area (Å²) in [5.74, 6) is 3.09. The first kappa shape index (κ1) is 14.2. The van der Waals surface area contributed by atoms with Gasteiger partial charge in [0.2, 0.25) is 0 Å². The molecule has 1 aromatic rings. The lowest BCUT2D eigenvalue weighted by molar-refractivity contribution is 0.248. The number of carbonyl (C=O) groups is 1. The third kappa shape index (κ3) is 2.79. The summed E-state index contributed by atoms with van der Waals surface area (Å²) >= 11 is 0. The van der Waals surface area contributed by atoms with Crippen LogP contribution in [-0.2, 0) is 0 Å². The average molecular weight is 291 g/mol. The molecule has 0 radical (unpaired) electrons. The molecule has 2 amide bonds. The zero-order valence-electron chi connectivity index (χ0n) is 12.6. The number of nitrogens with zero attached hydrogens (tertiary/aromatic N) is 2. The predicted molar refractivity (Wildman–Crippen MR) is 87.6 cm³/mol. The van der Waals surface area contributed by atoms with Crippen molar-refractivity contribution in [3.05, 3.63) is 48.2 Å². The molecule has 4 rings (SSSR count). The number of amides is 2. The second-order valence-corrected chi connectivity index (χ2v) is 6.00. The van der Waals surface area contributed by atoms with Gasteiger partial charge >= 0.3 is 6.03 Å². The highest BCUT2D eigenvalue weighted by Gasteiger charge is 2.36. The van der Waals surface area contributed by atoms with E-state index in [1.807, 2.05) is 13.8 Å². The molecule has 1 aliphatic heterocycles. The number of hydrogen-bond acceptors (Lipinski definition) is 2. The molecule has 3 aliphatic rings. The molecule has 2 aliphatic carbocycles. The fraction of sp³-hybridized carbons (Fsp3) is 0.222. The number of benzene rings is 1. The van der Waals surface area contributed by atoms with Gasteiger partial charge in [0.25, 0.3) is 0 Å². The Morgan fingerprint density at radius 1 is 1.27 bits per heavy atom. The van der Waals surface area contributed by atoms with E-state index >= 15 is 0 Å². The number of rotatable bonds is 1. The number of fused-ring (bicyclic) bond motifs is 1. The van der Waals surface area contributed by atoms with E-state index in [1.165, 1.54) is 11.1 Å². The van der Waals surface area contributed by atoms with Gasteiger partial charge in [0, 0.05) is 6.20 Å². The van der Waals surface area contributed by atoms with Gasteiger partial charge in [-0.1, -0.05) is 24.1 Å². The van der Waals surface area contributed by atoms with Gasteiger partial charge in [0.1, 0.15) is 0 Å². The summed E-state index contributed by atoms with van der Waals surface area (Å²) in [7, 11) is 0. The number of carbonyl (C=O) groups excluding carboxylic acids is 1. The summed E-state index contributed by atoms with van der Waals surface area (Å²) in [5, 5.41) is 2.87. The molecular formula is C18H17N3O. The lowest BCUT2D eigenvalue weighted by Crippen LogP contribution is -2.36. The van der Waals surface area contributed by atoms with E-state index in [-0.39, 0.29) is 11.6 Å². The van der Waals surface area contributed by atoms with Crippen molar-refractivity contribution in [2.24, 2.45) is 0 Å². The number of anilines is 1. The normalized spacial score (nSPS) is 16.2. The van der Waals surface area contributed by atoms with Gasteiger partial charge in [-0.25, -0.2) is 9.78 Å². The Bertz CT molecular complexity index is 757. The largest absolute Gasteiger partial charge is 0.331 e. The number of urea groups is 1. The highest BCUT2D eigenvalue weighted by atomic mass is 16.2. The van der Waals surface area contributed by atoms with Gasteiger partial charge in [0.15, 0.2) is 5.82 Å². The van der Waals surface area contributed by atoms with Crippen molar-refractivity contribution >= 4 is 11.8 Å². The van der Waals surface area contributed by atoms with Crippen molar-refractivity contribution in [3.8, 4) is 23.5 Å². The molecule has 1 saturated heterocycles. The summed E-state index contributed by atoms with van der Waals surface area (Å²) in [6.45, 7) is 4.49. The monoisotopic (exact) mass is 291 g/mol. The SMILES string of the molecule is C#Cc1cccnc1N1CC(C)(C)NC1=O.c1cc2cc-2c1. The van der Waals surface area contributed by atoms with Crippen molar-refractivity contribution in [2.45, 2.75) is 19.4 Å². The van der Waals surface area contributed by atoms with Crippen molar-refractivity contribution in [1.82, 2.24) is 10.3 Å². The van der Waals surface area contributed by atoms with Crippen molar-refractivity contribution in [1.29, 1.82) is 0 Å². The minimum absolute atomic E-state index is 0.153. The molecule has 0 saturated carbocycles.